The molecule has 0 aromatic heterocycles. The van der Waals surface area contributed by atoms with Crippen molar-refractivity contribution in [3.63, 3.8) is 0 Å². The van der Waals surface area contributed by atoms with Gasteiger partial charge >= 0.3 is 0 Å². The van der Waals surface area contributed by atoms with Crippen LogP contribution in [0.4, 0.5) is 0 Å². The van der Waals surface area contributed by atoms with E-state index >= 15 is 0 Å². The molecule has 2 N–H and O–H groups in total. The summed E-state index contributed by atoms with van der Waals surface area (Å²) >= 11 is 0. The molecular weight excluding hydrogens is 220 g/mol. The smallest absolute Gasteiger partial charge is 0.0112 e. The molecule has 1 rings (SSSR count). The maximum Gasteiger partial charge on any atom is 0.0112 e. The van der Waals surface area contributed by atoms with Crippen LogP contribution in [0.25, 0.3) is 0 Å². The summed E-state index contributed by atoms with van der Waals surface area (Å²) in [6.45, 7) is 15.2. The predicted molar refractivity (Wildman–Crippen MR) is 80.6 cm³/mol. The molecule has 1 aliphatic rings. The van der Waals surface area contributed by atoms with Crippen molar-refractivity contribution in [2.24, 2.45) is 28.9 Å². The van der Waals surface area contributed by atoms with Gasteiger partial charge < -0.3 is 10.6 Å². The predicted octanol–water partition coefficient (Wildman–Crippen LogP) is 3.36. The summed E-state index contributed by atoms with van der Waals surface area (Å²) in [4.78, 5) is 2.51. The van der Waals surface area contributed by atoms with Crippen LogP contribution in [0.3, 0.4) is 0 Å². The summed E-state index contributed by atoms with van der Waals surface area (Å²) in [6.07, 6.45) is 2.54. The molecule has 0 aromatic rings. The lowest BCUT2D eigenvalue weighted by Gasteiger charge is -2.43. The molecule has 18 heavy (non-hydrogen) atoms. The Morgan fingerprint density at radius 1 is 1.22 bits per heavy atom. The van der Waals surface area contributed by atoms with E-state index in [0.717, 1.165) is 18.4 Å². The Balaban J connectivity index is 2.61. The van der Waals surface area contributed by atoms with Gasteiger partial charge in [0.15, 0.2) is 0 Å². The van der Waals surface area contributed by atoms with Crippen molar-refractivity contribution < 1.29 is 0 Å². The van der Waals surface area contributed by atoms with Crippen molar-refractivity contribution in [1.82, 2.24) is 4.90 Å². The minimum atomic E-state index is 0.337. The van der Waals surface area contributed by atoms with Crippen molar-refractivity contribution in [2.75, 3.05) is 13.6 Å². The molecule has 0 heterocycles. The molecule has 1 saturated carbocycles. The van der Waals surface area contributed by atoms with Gasteiger partial charge in [-0.2, -0.15) is 0 Å². The van der Waals surface area contributed by atoms with Gasteiger partial charge in [0.25, 0.3) is 0 Å². The van der Waals surface area contributed by atoms with E-state index in [1.807, 2.05) is 0 Å². The first-order valence-electron chi connectivity index (χ1n) is 7.58. The van der Waals surface area contributed by atoms with E-state index in [9.17, 15) is 0 Å². The van der Waals surface area contributed by atoms with Crippen molar-refractivity contribution in [2.45, 2.75) is 66.5 Å². The van der Waals surface area contributed by atoms with Crippen LogP contribution in [0, 0.1) is 23.2 Å². The fourth-order valence-corrected chi connectivity index (χ4v) is 3.43. The van der Waals surface area contributed by atoms with Gasteiger partial charge in [-0.3, -0.25) is 0 Å². The van der Waals surface area contributed by atoms with Crippen LogP contribution in [-0.2, 0) is 0 Å². The first-order valence-corrected chi connectivity index (χ1v) is 7.58. The molecule has 108 valence electrons. The highest BCUT2D eigenvalue weighted by atomic mass is 15.1. The van der Waals surface area contributed by atoms with Crippen molar-refractivity contribution in [3.05, 3.63) is 0 Å². The summed E-state index contributed by atoms with van der Waals surface area (Å²) < 4.78 is 0. The SMILES string of the molecule is CC1CC(C)C(CN(C)C(C)C(C)(C)C)C(N)C1. The first-order chi connectivity index (χ1) is 8.12. The van der Waals surface area contributed by atoms with Gasteiger partial charge in [0.2, 0.25) is 0 Å². The lowest BCUT2D eigenvalue weighted by molar-refractivity contribution is 0.0764. The van der Waals surface area contributed by atoms with Crippen LogP contribution in [-0.4, -0.2) is 30.6 Å². The Hall–Kier alpha value is -0.0800. The number of nitrogens with two attached hydrogens (primary N) is 1. The van der Waals surface area contributed by atoms with Gasteiger partial charge in [0, 0.05) is 18.6 Å². The third-order valence-corrected chi connectivity index (χ3v) is 5.14. The Labute approximate surface area is 114 Å². The molecule has 2 nitrogen and oxygen atoms in total. The molecule has 5 atom stereocenters. The first kappa shape index (κ1) is 16.0. The van der Waals surface area contributed by atoms with Crippen LogP contribution >= 0.6 is 0 Å². The molecular formula is C16H34N2. The Kier molecular flexibility index (Phi) is 5.25. The zero-order valence-corrected chi connectivity index (χ0v) is 13.5. The van der Waals surface area contributed by atoms with Crippen LogP contribution < -0.4 is 5.73 Å². The summed E-state index contributed by atoms with van der Waals surface area (Å²) in [5.74, 6) is 2.23. The number of rotatable bonds is 3. The summed E-state index contributed by atoms with van der Waals surface area (Å²) in [6, 6.07) is 0.981. The summed E-state index contributed by atoms with van der Waals surface area (Å²) in [5, 5.41) is 0. The van der Waals surface area contributed by atoms with E-state index < -0.39 is 0 Å². The molecule has 0 aromatic carbocycles. The number of hydrogen-bond acceptors (Lipinski definition) is 2. The molecule has 1 aliphatic carbocycles. The quantitative estimate of drug-likeness (QED) is 0.837. The van der Waals surface area contributed by atoms with Crippen LogP contribution in [0.2, 0.25) is 0 Å². The lowest BCUT2D eigenvalue weighted by atomic mass is 9.72. The fourth-order valence-electron chi connectivity index (χ4n) is 3.43. The monoisotopic (exact) mass is 254 g/mol. The molecule has 5 unspecified atom stereocenters. The Morgan fingerprint density at radius 3 is 2.22 bits per heavy atom. The van der Waals surface area contributed by atoms with Gasteiger partial charge in [0.1, 0.15) is 0 Å². The Morgan fingerprint density at radius 2 is 1.78 bits per heavy atom. The third-order valence-electron chi connectivity index (χ3n) is 5.14. The van der Waals surface area contributed by atoms with Gasteiger partial charge in [0.05, 0.1) is 0 Å². The van der Waals surface area contributed by atoms with Gasteiger partial charge in [-0.1, -0.05) is 34.6 Å². The molecule has 2 heteroatoms. The van der Waals surface area contributed by atoms with Gasteiger partial charge in [-0.25, -0.2) is 0 Å². The van der Waals surface area contributed by atoms with Gasteiger partial charge in [-0.05, 0) is 50.0 Å². The van der Waals surface area contributed by atoms with Crippen LogP contribution in [0.5, 0.6) is 0 Å². The van der Waals surface area contributed by atoms with Crippen molar-refractivity contribution in [1.29, 1.82) is 0 Å². The molecule has 0 saturated heterocycles. The highest BCUT2D eigenvalue weighted by Crippen LogP contribution is 2.34. The molecule has 0 spiro atoms. The van der Waals surface area contributed by atoms with Crippen LogP contribution in [0.1, 0.15) is 54.4 Å². The topological polar surface area (TPSA) is 29.3 Å². The average Bonchev–Trinajstić information content (AvgIpc) is 2.20. The van der Waals surface area contributed by atoms with E-state index in [1.54, 1.807) is 0 Å². The average molecular weight is 254 g/mol. The normalized spacial score (nSPS) is 35.8. The van der Waals surface area contributed by atoms with E-state index in [2.05, 4.69) is 53.5 Å². The highest BCUT2D eigenvalue weighted by Gasteiger charge is 2.34. The molecule has 0 bridgehead atoms. The second-order valence-corrected chi connectivity index (χ2v) is 7.86. The minimum Gasteiger partial charge on any atom is -0.327 e. The molecule has 0 aliphatic heterocycles. The molecule has 0 radical (unpaired) electrons. The summed E-state index contributed by atoms with van der Waals surface area (Å²) in [7, 11) is 2.26. The lowest BCUT2D eigenvalue weighted by Crippen LogP contribution is -2.49. The number of nitrogens with zero attached hydrogens (tertiary/aromatic N) is 1. The second-order valence-electron chi connectivity index (χ2n) is 7.86. The largest absolute Gasteiger partial charge is 0.327 e. The van der Waals surface area contributed by atoms with E-state index in [0.29, 0.717) is 23.4 Å². The van der Waals surface area contributed by atoms with Crippen molar-refractivity contribution in [3.8, 4) is 0 Å². The second kappa shape index (κ2) is 5.92. The maximum absolute atomic E-state index is 6.39. The summed E-state index contributed by atoms with van der Waals surface area (Å²) in [5.41, 5.74) is 6.73. The third kappa shape index (κ3) is 3.96. The highest BCUT2D eigenvalue weighted by molar-refractivity contribution is 4.88. The fraction of sp³-hybridized carbons (Fsp3) is 1.00. The van der Waals surface area contributed by atoms with E-state index in [1.165, 1.54) is 12.8 Å². The van der Waals surface area contributed by atoms with E-state index in [-0.39, 0.29) is 0 Å². The number of hydrogen-bond donors (Lipinski definition) is 1. The van der Waals surface area contributed by atoms with E-state index in [4.69, 9.17) is 5.73 Å². The molecule has 1 fully saturated rings. The zero-order chi connectivity index (χ0) is 14.1. The minimum absolute atomic E-state index is 0.337. The molecule has 0 amide bonds. The maximum atomic E-state index is 6.39. The van der Waals surface area contributed by atoms with Crippen LogP contribution in [0.15, 0.2) is 0 Å². The standard InChI is InChI=1S/C16H34N2/c1-11-8-12(2)14(15(17)9-11)10-18(7)13(3)16(4,5)6/h11-15H,8-10,17H2,1-7H3. The van der Waals surface area contributed by atoms with Crippen molar-refractivity contribution >= 4 is 0 Å². The Bertz CT molecular complexity index is 244. The van der Waals surface area contributed by atoms with Gasteiger partial charge in [-0.15, -0.1) is 0 Å². The zero-order valence-electron chi connectivity index (χ0n) is 13.5.